The van der Waals surface area contributed by atoms with Crippen molar-refractivity contribution in [1.29, 1.82) is 0 Å². The summed E-state index contributed by atoms with van der Waals surface area (Å²) in [4.78, 5) is 16.7. The van der Waals surface area contributed by atoms with E-state index in [1.54, 1.807) is 13.8 Å². The Bertz CT molecular complexity index is 836. The van der Waals surface area contributed by atoms with E-state index in [0.717, 1.165) is 5.01 Å². The van der Waals surface area contributed by atoms with Crippen molar-refractivity contribution in [3.63, 3.8) is 0 Å². The van der Waals surface area contributed by atoms with Gasteiger partial charge in [0.15, 0.2) is 9.99 Å². The number of nitrogens with zero attached hydrogens (tertiary/aromatic N) is 2. The van der Waals surface area contributed by atoms with Crippen LogP contribution < -0.4 is 0 Å². The first kappa shape index (κ1) is 17.3. The summed E-state index contributed by atoms with van der Waals surface area (Å²) in [5.41, 5.74) is 1.26. The Labute approximate surface area is 146 Å². The molecule has 0 radical (unpaired) electrons. The highest BCUT2D eigenvalue weighted by molar-refractivity contribution is 7.91. The van der Waals surface area contributed by atoms with Gasteiger partial charge in [-0.25, -0.2) is 13.4 Å². The second-order valence-electron chi connectivity index (χ2n) is 6.01. The lowest BCUT2D eigenvalue weighted by atomic mass is 9.90. The van der Waals surface area contributed by atoms with Gasteiger partial charge >= 0.3 is 0 Å². The van der Waals surface area contributed by atoms with Crippen molar-refractivity contribution in [3.8, 4) is 0 Å². The first-order valence-corrected chi connectivity index (χ1v) is 10.2. The van der Waals surface area contributed by atoms with Crippen LogP contribution in [0.4, 0.5) is 0 Å². The number of benzene rings is 1. The van der Waals surface area contributed by atoms with Gasteiger partial charge < -0.3 is 0 Å². The van der Waals surface area contributed by atoms with Crippen LogP contribution in [0.15, 0.2) is 34.5 Å². The fourth-order valence-corrected chi connectivity index (χ4v) is 6.15. The number of Topliss-reactive ketones (excluding diaryl/α,β-unsaturated/α-hetero) is 1. The number of piperidine rings is 1. The average molecular weight is 364 g/mol. The normalized spacial score (nSPS) is 17.1. The average Bonchev–Trinajstić information content (AvgIpc) is 2.94. The molecule has 0 atom stereocenters. The van der Waals surface area contributed by atoms with E-state index in [-0.39, 0.29) is 11.7 Å². The molecule has 1 fully saturated rings. The summed E-state index contributed by atoms with van der Waals surface area (Å²) in [6.45, 7) is 4.29. The molecule has 1 saturated heterocycles. The molecular weight excluding hydrogens is 344 g/mol. The van der Waals surface area contributed by atoms with Gasteiger partial charge in [-0.05, 0) is 26.7 Å². The second-order valence-corrected chi connectivity index (χ2v) is 9.35. The minimum absolute atomic E-state index is 0.108. The number of thiazole rings is 1. The number of ketones is 1. The van der Waals surface area contributed by atoms with E-state index in [1.807, 2.05) is 30.3 Å². The van der Waals surface area contributed by atoms with E-state index in [1.165, 1.54) is 15.6 Å². The van der Waals surface area contributed by atoms with Gasteiger partial charge in [0.05, 0.1) is 10.7 Å². The molecule has 0 saturated carbocycles. The molecule has 7 heteroatoms. The maximum Gasteiger partial charge on any atom is 0.254 e. The summed E-state index contributed by atoms with van der Waals surface area (Å²) < 4.78 is 27.4. The molecule has 0 spiro atoms. The first-order chi connectivity index (χ1) is 11.4. The van der Waals surface area contributed by atoms with E-state index in [4.69, 9.17) is 0 Å². The van der Waals surface area contributed by atoms with Gasteiger partial charge in [-0.15, -0.1) is 11.3 Å². The van der Waals surface area contributed by atoms with Gasteiger partial charge in [0.1, 0.15) is 0 Å². The Morgan fingerprint density at radius 2 is 1.79 bits per heavy atom. The van der Waals surface area contributed by atoms with Gasteiger partial charge in [-0.1, -0.05) is 30.3 Å². The lowest BCUT2D eigenvalue weighted by Crippen LogP contribution is -2.40. The summed E-state index contributed by atoms with van der Waals surface area (Å²) in [5, 5.41) is 0.750. The van der Waals surface area contributed by atoms with Gasteiger partial charge in [0, 0.05) is 24.6 Å². The Balaban J connectivity index is 1.71. The molecule has 1 aliphatic rings. The highest BCUT2D eigenvalue weighted by Crippen LogP contribution is 2.30. The molecule has 2 heterocycles. The maximum absolute atomic E-state index is 12.8. The fraction of sp³-hybridized carbons (Fsp3) is 0.412. The number of aromatic nitrogens is 1. The van der Waals surface area contributed by atoms with Crippen molar-refractivity contribution in [2.45, 2.75) is 30.9 Å². The third-order valence-electron chi connectivity index (χ3n) is 4.32. The third kappa shape index (κ3) is 3.29. The summed E-state index contributed by atoms with van der Waals surface area (Å²) >= 11 is 1.21. The molecule has 1 aromatic carbocycles. The number of hydrogen-bond acceptors (Lipinski definition) is 5. The van der Waals surface area contributed by atoms with E-state index in [9.17, 15) is 13.2 Å². The van der Waals surface area contributed by atoms with E-state index >= 15 is 0 Å². The minimum atomic E-state index is -3.51. The van der Waals surface area contributed by atoms with E-state index in [2.05, 4.69) is 4.98 Å². The molecule has 3 rings (SSSR count). The number of carbonyl (C=O) groups excluding carboxylic acids is 1. The summed E-state index contributed by atoms with van der Waals surface area (Å²) in [7, 11) is -3.51. The summed E-state index contributed by atoms with van der Waals surface area (Å²) in [6.07, 6.45) is 1.12. The van der Waals surface area contributed by atoms with Crippen LogP contribution in [0.5, 0.6) is 0 Å². The molecule has 128 valence electrons. The molecule has 0 N–H and O–H groups in total. The largest absolute Gasteiger partial charge is 0.294 e. The molecule has 2 aromatic rings. The molecule has 0 amide bonds. The minimum Gasteiger partial charge on any atom is -0.294 e. The fourth-order valence-electron chi connectivity index (χ4n) is 3.07. The van der Waals surface area contributed by atoms with Crippen LogP contribution in [0, 0.1) is 19.8 Å². The summed E-state index contributed by atoms with van der Waals surface area (Å²) in [5.74, 6) is 0.000562. The molecule has 1 aliphatic heterocycles. The highest BCUT2D eigenvalue weighted by atomic mass is 32.2. The standard InChI is InChI=1S/C17H20N2O3S2/c1-12-17(23-13(2)18-12)24(21,22)19-10-8-15(9-11-19)16(20)14-6-4-3-5-7-14/h3-7,15H,8-11H2,1-2H3. The maximum atomic E-state index is 12.8. The predicted molar refractivity (Wildman–Crippen MR) is 93.8 cm³/mol. The van der Waals surface area contributed by atoms with E-state index < -0.39 is 10.0 Å². The van der Waals surface area contributed by atoms with Crippen LogP contribution in [0.3, 0.4) is 0 Å². The number of carbonyl (C=O) groups is 1. The molecule has 0 bridgehead atoms. The number of hydrogen-bond donors (Lipinski definition) is 0. The van der Waals surface area contributed by atoms with Crippen molar-refractivity contribution in [2.75, 3.05) is 13.1 Å². The van der Waals surface area contributed by atoms with Crippen LogP contribution in [-0.4, -0.2) is 36.6 Å². The van der Waals surface area contributed by atoms with Crippen LogP contribution >= 0.6 is 11.3 Å². The molecule has 0 unspecified atom stereocenters. The SMILES string of the molecule is Cc1nc(C)c(S(=O)(=O)N2CCC(C(=O)c3ccccc3)CC2)s1. The van der Waals surface area contributed by atoms with Crippen LogP contribution in [0.1, 0.15) is 33.9 Å². The van der Waals surface area contributed by atoms with Crippen molar-refractivity contribution < 1.29 is 13.2 Å². The van der Waals surface area contributed by atoms with Crippen molar-refractivity contribution in [3.05, 3.63) is 46.6 Å². The third-order valence-corrected chi connectivity index (χ3v) is 7.88. The van der Waals surface area contributed by atoms with Crippen molar-refractivity contribution in [1.82, 2.24) is 9.29 Å². The zero-order valence-electron chi connectivity index (χ0n) is 13.7. The lowest BCUT2D eigenvalue weighted by molar-refractivity contribution is 0.0875. The second kappa shape index (κ2) is 6.74. The zero-order valence-corrected chi connectivity index (χ0v) is 15.4. The number of aryl methyl sites for hydroxylation is 2. The van der Waals surface area contributed by atoms with Crippen LogP contribution in [-0.2, 0) is 10.0 Å². The monoisotopic (exact) mass is 364 g/mol. The Morgan fingerprint density at radius 1 is 1.17 bits per heavy atom. The van der Waals surface area contributed by atoms with Gasteiger partial charge in [0.2, 0.25) is 0 Å². The van der Waals surface area contributed by atoms with Crippen LogP contribution in [0.2, 0.25) is 0 Å². The number of sulfonamides is 1. The van der Waals surface area contributed by atoms with Gasteiger partial charge in [-0.2, -0.15) is 4.31 Å². The highest BCUT2D eigenvalue weighted by Gasteiger charge is 2.34. The van der Waals surface area contributed by atoms with Crippen LogP contribution in [0.25, 0.3) is 0 Å². The first-order valence-electron chi connectivity index (χ1n) is 7.93. The zero-order chi connectivity index (χ0) is 17.3. The van der Waals surface area contributed by atoms with Gasteiger partial charge in [-0.3, -0.25) is 4.79 Å². The van der Waals surface area contributed by atoms with Gasteiger partial charge in [0.25, 0.3) is 10.0 Å². The molecular formula is C17H20N2O3S2. The van der Waals surface area contributed by atoms with Crippen molar-refractivity contribution >= 4 is 27.1 Å². The molecule has 5 nitrogen and oxygen atoms in total. The lowest BCUT2D eigenvalue weighted by Gasteiger charge is -2.30. The summed E-state index contributed by atoms with van der Waals surface area (Å²) in [6, 6.07) is 9.21. The quantitative estimate of drug-likeness (QED) is 0.782. The van der Waals surface area contributed by atoms with Crippen molar-refractivity contribution in [2.24, 2.45) is 5.92 Å². The Hall–Kier alpha value is -1.57. The Kier molecular flexibility index (Phi) is 4.85. The van der Waals surface area contributed by atoms with E-state index in [0.29, 0.717) is 41.4 Å². The molecule has 1 aromatic heterocycles. The molecule has 24 heavy (non-hydrogen) atoms. The smallest absolute Gasteiger partial charge is 0.254 e. The topological polar surface area (TPSA) is 67.3 Å². The Morgan fingerprint density at radius 3 is 2.33 bits per heavy atom. The molecule has 0 aliphatic carbocycles. The number of rotatable bonds is 4. The predicted octanol–water partition coefficient (Wildman–Crippen LogP) is 3.04.